The smallest absolute Gasteiger partial charge is 0.325 e. The fraction of sp³-hybridized carbons (Fsp3) is 0.429. The maximum atomic E-state index is 12.9. The molecular formula is C21H24N5O2S. The molecule has 3 amide bonds. The molecule has 2 aromatic rings. The maximum Gasteiger partial charge on any atom is 0.325 e. The Bertz CT molecular complexity index is 968. The van der Waals surface area contributed by atoms with Crippen molar-refractivity contribution >= 4 is 34.1 Å². The molecule has 2 aliphatic heterocycles. The van der Waals surface area contributed by atoms with Gasteiger partial charge >= 0.3 is 6.03 Å². The molecule has 1 radical (unpaired) electrons. The van der Waals surface area contributed by atoms with Gasteiger partial charge in [-0.1, -0.05) is 12.1 Å². The van der Waals surface area contributed by atoms with Crippen LogP contribution < -0.4 is 16.0 Å². The third kappa shape index (κ3) is 2.88. The summed E-state index contributed by atoms with van der Waals surface area (Å²) in [5.74, 6) is -0.456. The molecule has 1 aromatic carbocycles. The van der Waals surface area contributed by atoms with Crippen LogP contribution in [0.25, 0.3) is 0 Å². The monoisotopic (exact) mass is 410 g/mol. The van der Waals surface area contributed by atoms with Gasteiger partial charge in [0.25, 0.3) is 0 Å². The number of aryl methyl sites for hydroxylation is 1. The summed E-state index contributed by atoms with van der Waals surface area (Å²) in [6.45, 7) is 3.74. The van der Waals surface area contributed by atoms with E-state index in [2.05, 4.69) is 29.4 Å². The van der Waals surface area contributed by atoms with Crippen molar-refractivity contribution in [3.05, 3.63) is 47.3 Å². The second-order valence-corrected chi connectivity index (χ2v) is 9.49. The van der Waals surface area contributed by atoms with Gasteiger partial charge in [-0.05, 0) is 43.9 Å². The van der Waals surface area contributed by atoms with E-state index in [1.807, 2.05) is 24.8 Å². The number of benzene rings is 1. The summed E-state index contributed by atoms with van der Waals surface area (Å²) in [5.41, 5.74) is 6.89. The van der Waals surface area contributed by atoms with E-state index in [1.165, 1.54) is 10.4 Å². The van der Waals surface area contributed by atoms with Crippen LogP contribution in [0.3, 0.4) is 0 Å². The Morgan fingerprint density at radius 2 is 2.07 bits per heavy atom. The molecule has 1 saturated carbocycles. The summed E-state index contributed by atoms with van der Waals surface area (Å²) in [6, 6.07) is 8.03. The largest absolute Gasteiger partial charge is 0.368 e. The van der Waals surface area contributed by atoms with E-state index in [-0.39, 0.29) is 18.0 Å². The molecule has 0 spiro atoms. The van der Waals surface area contributed by atoms with Crippen LogP contribution >= 0.6 is 11.3 Å². The standard InChI is InChI=1S/C21H24N5O2S/c1-14-11-23-18(29-14)24-12-20(8-9-20)15-3-5-16(6-4-15)25-13-21(17(22)27)7-2-10-26(21)19(25)28/h3-7,11H,2,8-10,12-13H2,1H3,(H2,22,27)(H,23,24)/t21-/m1/s1. The van der Waals surface area contributed by atoms with Crippen molar-refractivity contribution in [1.29, 1.82) is 0 Å². The van der Waals surface area contributed by atoms with E-state index in [1.54, 1.807) is 21.1 Å². The van der Waals surface area contributed by atoms with E-state index < -0.39 is 11.4 Å². The molecule has 1 aromatic heterocycles. The van der Waals surface area contributed by atoms with Crippen molar-refractivity contribution in [2.75, 3.05) is 29.9 Å². The van der Waals surface area contributed by atoms with Crippen LogP contribution in [0.1, 0.15) is 29.7 Å². The Morgan fingerprint density at radius 3 is 2.66 bits per heavy atom. The fourth-order valence-electron chi connectivity index (χ4n) is 4.52. The number of aromatic nitrogens is 1. The molecule has 1 atom stereocenters. The molecule has 7 nitrogen and oxygen atoms in total. The Balaban J connectivity index is 1.32. The third-order valence-corrected chi connectivity index (χ3v) is 7.32. The average Bonchev–Trinajstić information content (AvgIpc) is 3.05. The van der Waals surface area contributed by atoms with Crippen molar-refractivity contribution < 1.29 is 9.59 Å². The molecule has 3 fully saturated rings. The minimum atomic E-state index is -0.969. The highest BCUT2D eigenvalue weighted by Gasteiger charge is 2.57. The summed E-state index contributed by atoms with van der Waals surface area (Å²) in [6.07, 6.45) is 6.75. The molecule has 5 rings (SSSR count). The highest BCUT2D eigenvalue weighted by molar-refractivity contribution is 7.15. The van der Waals surface area contributed by atoms with E-state index in [4.69, 9.17) is 5.73 Å². The lowest BCUT2D eigenvalue weighted by Crippen LogP contribution is -2.53. The predicted octanol–water partition coefficient (Wildman–Crippen LogP) is 2.67. The molecule has 2 saturated heterocycles. The van der Waals surface area contributed by atoms with Gasteiger partial charge in [0.05, 0.1) is 6.54 Å². The number of amides is 3. The molecule has 3 heterocycles. The van der Waals surface area contributed by atoms with Crippen LogP contribution in [-0.4, -0.2) is 47.0 Å². The number of thiazole rings is 1. The minimum absolute atomic E-state index is 0.134. The predicted molar refractivity (Wildman–Crippen MR) is 113 cm³/mol. The first-order valence-electron chi connectivity index (χ1n) is 9.94. The Kier molecular flexibility index (Phi) is 4.10. The van der Waals surface area contributed by atoms with Gasteiger partial charge in [0.2, 0.25) is 5.91 Å². The number of carbonyl (C=O) groups excluding carboxylic acids is 2. The number of fused-ring (bicyclic) bond motifs is 1. The van der Waals surface area contributed by atoms with Gasteiger partial charge in [-0.2, -0.15) is 0 Å². The summed E-state index contributed by atoms with van der Waals surface area (Å²) < 4.78 is 0. The number of hydrogen-bond acceptors (Lipinski definition) is 5. The first kappa shape index (κ1) is 18.4. The third-order valence-electron chi connectivity index (χ3n) is 6.45. The molecule has 3 aliphatic rings. The number of nitrogens with one attached hydrogen (secondary N) is 1. The maximum absolute atomic E-state index is 12.9. The number of nitrogens with zero attached hydrogens (tertiary/aromatic N) is 3. The lowest BCUT2D eigenvalue weighted by atomic mass is 9.95. The fourth-order valence-corrected chi connectivity index (χ4v) is 5.18. The molecule has 3 N–H and O–H groups in total. The molecule has 1 aliphatic carbocycles. The topological polar surface area (TPSA) is 91.6 Å². The number of rotatable bonds is 6. The number of hydrogen-bond donors (Lipinski definition) is 2. The van der Waals surface area contributed by atoms with E-state index in [0.29, 0.717) is 13.0 Å². The van der Waals surface area contributed by atoms with Crippen molar-refractivity contribution in [1.82, 2.24) is 9.88 Å². The van der Waals surface area contributed by atoms with Crippen LogP contribution in [0.15, 0.2) is 30.5 Å². The average molecular weight is 411 g/mol. The molecule has 0 bridgehead atoms. The lowest BCUT2D eigenvalue weighted by molar-refractivity contribution is -0.124. The van der Waals surface area contributed by atoms with Crippen LogP contribution in [-0.2, 0) is 10.2 Å². The first-order chi connectivity index (χ1) is 13.9. The number of anilines is 2. The van der Waals surface area contributed by atoms with Crippen LogP contribution in [0.2, 0.25) is 0 Å². The van der Waals surface area contributed by atoms with Gasteiger partial charge in [0.15, 0.2) is 5.13 Å². The first-order valence-corrected chi connectivity index (χ1v) is 10.8. The zero-order chi connectivity index (χ0) is 20.2. The molecule has 8 heteroatoms. The number of carbonyl (C=O) groups is 2. The Hall–Kier alpha value is -2.61. The number of primary amides is 1. The highest BCUT2D eigenvalue weighted by atomic mass is 32.1. The second-order valence-electron chi connectivity index (χ2n) is 8.26. The van der Waals surface area contributed by atoms with Crippen LogP contribution in [0.5, 0.6) is 0 Å². The summed E-state index contributed by atoms with van der Waals surface area (Å²) in [7, 11) is 0. The van der Waals surface area contributed by atoms with Gasteiger partial charge < -0.3 is 16.0 Å². The zero-order valence-electron chi connectivity index (χ0n) is 16.4. The SMILES string of the molecule is Cc1cnc(NCC2(c3ccc(N4C[C@@]5(C(N)=O)[CH]CCN5C4=O)cc3)CC2)s1. The van der Waals surface area contributed by atoms with Crippen LogP contribution in [0.4, 0.5) is 15.6 Å². The Labute approximate surface area is 173 Å². The summed E-state index contributed by atoms with van der Waals surface area (Å²) in [4.78, 5) is 33.8. The highest BCUT2D eigenvalue weighted by Crippen LogP contribution is 2.49. The van der Waals surface area contributed by atoms with Gasteiger partial charge in [-0.15, -0.1) is 11.3 Å². The van der Waals surface area contributed by atoms with E-state index in [0.717, 1.165) is 30.2 Å². The van der Waals surface area contributed by atoms with Crippen LogP contribution in [0, 0.1) is 13.3 Å². The van der Waals surface area contributed by atoms with Crippen molar-refractivity contribution in [2.24, 2.45) is 5.73 Å². The summed E-state index contributed by atoms with van der Waals surface area (Å²) >= 11 is 1.67. The van der Waals surface area contributed by atoms with Gasteiger partial charge in [-0.25, -0.2) is 9.78 Å². The minimum Gasteiger partial charge on any atom is -0.368 e. The molecule has 151 valence electrons. The lowest BCUT2D eigenvalue weighted by Gasteiger charge is -2.25. The Morgan fingerprint density at radius 1 is 1.31 bits per heavy atom. The second kappa shape index (κ2) is 6.45. The van der Waals surface area contributed by atoms with Gasteiger partial charge in [0, 0.05) is 41.7 Å². The van der Waals surface area contributed by atoms with E-state index >= 15 is 0 Å². The van der Waals surface area contributed by atoms with Crippen molar-refractivity contribution in [3.8, 4) is 0 Å². The normalized spacial score (nSPS) is 24.7. The number of urea groups is 1. The van der Waals surface area contributed by atoms with Crippen molar-refractivity contribution in [2.45, 2.75) is 37.1 Å². The molecule has 29 heavy (non-hydrogen) atoms. The van der Waals surface area contributed by atoms with E-state index in [9.17, 15) is 9.59 Å². The molecule has 0 unspecified atom stereocenters. The van der Waals surface area contributed by atoms with Crippen molar-refractivity contribution in [3.63, 3.8) is 0 Å². The zero-order valence-corrected chi connectivity index (χ0v) is 17.2. The molecular weight excluding hydrogens is 386 g/mol. The quantitative estimate of drug-likeness (QED) is 0.766. The number of nitrogens with two attached hydrogens (primary N) is 1. The summed E-state index contributed by atoms with van der Waals surface area (Å²) in [5, 5.41) is 4.43. The van der Waals surface area contributed by atoms with Gasteiger partial charge in [0.1, 0.15) is 5.54 Å². The van der Waals surface area contributed by atoms with Gasteiger partial charge in [-0.3, -0.25) is 9.69 Å².